The summed E-state index contributed by atoms with van der Waals surface area (Å²) < 4.78 is 0. The minimum Gasteiger partial charge on any atom is -0.369 e. The number of aromatic amines is 1. The first-order valence-electron chi connectivity index (χ1n) is 8.54. The predicted molar refractivity (Wildman–Crippen MR) is 101 cm³/mol. The first-order chi connectivity index (χ1) is 12.4. The molecular formula is C18H18Cl2N4O2. The van der Waals surface area contributed by atoms with Gasteiger partial charge >= 0.3 is 0 Å². The number of rotatable bonds is 1. The van der Waals surface area contributed by atoms with Crippen LogP contribution in [0.15, 0.2) is 23.0 Å². The summed E-state index contributed by atoms with van der Waals surface area (Å²) in [5, 5.41) is 0.654. The Morgan fingerprint density at radius 1 is 1.23 bits per heavy atom. The lowest BCUT2D eigenvalue weighted by atomic mass is 9.76. The van der Waals surface area contributed by atoms with Gasteiger partial charge in [-0.05, 0) is 37.8 Å². The monoisotopic (exact) mass is 392 g/mol. The third kappa shape index (κ3) is 2.68. The largest absolute Gasteiger partial charge is 0.369 e. The van der Waals surface area contributed by atoms with E-state index < -0.39 is 0 Å². The third-order valence-corrected chi connectivity index (χ3v) is 6.40. The third-order valence-electron chi connectivity index (χ3n) is 5.58. The van der Waals surface area contributed by atoms with Crippen LogP contribution in [0.2, 0.25) is 10.0 Å². The van der Waals surface area contributed by atoms with Crippen LogP contribution in [-0.4, -0.2) is 33.9 Å². The molecule has 1 aromatic carbocycles. The number of piperidine rings is 1. The lowest BCUT2D eigenvalue weighted by molar-refractivity contribution is 0.0663. The van der Waals surface area contributed by atoms with E-state index in [2.05, 4.69) is 9.97 Å². The van der Waals surface area contributed by atoms with Crippen molar-refractivity contribution in [3.63, 3.8) is 0 Å². The summed E-state index contributed by atoms with van der Waals surface area (Å²) >= 11 is 12.2. The number of carbonyl (C=O) groups excluding carboxylic acids is 1. The number of hydrogen-bond donors (Lipinski definition) is 2. The number of fused-ring (bicyclic) bond motifs is 2. The van der Waals surface area contributed by atoms with E-state index >= 15 is 0 Å². The molecule has 0 bridgehead atoms. The second kappa shape index (κ2) is 6.28. The Morgan fingerprint density at radius 2 is 1.96 bits per heavy atom. The van der Waals surface area contributed by atoms with Gasteiger partial charge in [0.25, 0.3) is 11.5 Å². The van der Waals surface area contributed by atoms with E-state index in [9.17, 15) is 9.59 Å². The fraction of sp³-hybridized carbons (Fsp3) is 0.389. The normalized spacial score (nSPS) is 18.2. The minimum atomic E-state index is -0.174. The number of H-pyrrole nitrogens is 1. The molecule has 3 N–H and O–H groups in total. The smallest absolute Gasteiger partial charge is 0.255 e. The number of anilines is 1. The summed E-state index contributed by atoms with van der Waals surface area (Å²) in [7, 11) is 0. The average Bonchev–Trinajstić information content (AvgIpc) is 2.96. The number of nitrogen functional groups attached to an aromatic ring is 1. The molecule has 136 valence electrons. The Morgan fingerprint density at radius 3 is 2.69 bits per heavy atom. The Labute approximate surface area is 160 Å². The molecule has 1 saturated heterocycles. The number of nitrogens with zero attached hydrogens (tertiary/aromatic N) is 2. The van der Waals surface area contributed by atoms with Crippen LogP contribution in [0.3, 0.4) is 0 Å². The molecule has 0 atom stereocenters. The maximum atomic E-state index is 12.8. The molecule has 26 heavy (non-hydrogen) atoms. The number of benzene rings is 1. The van der Waals surface area contributed by atoms with Gasteiger partial charge in [-0.15, -0.1) is 0 Å². The van der Waals surface area contributed by atoms with Crippen molar-refractivity contribution in [2.75, 3.05) is 18.8 Å². The van der Waals surface area contributed by atoms with Gasteiger partial charge in [0.05, 0.1) is 21.3 Å². The second-order valence-corrected chi connectivity index (χ2v) is 7.74. The van der Waals surface area contributed by atoms with Gasteiger partial charge in [0.15, 0.2) is 0 Å². The van der Waals surface area contributed by atoms with Crippen LogP contribution in [0.4, 0.5) is 5.95 Å². The number of likely N-dealkylation sites (tertiary alicyclic amines) is 1. The standard InChI is InChI=1S/C18H18Cl2N4O2/c19-12-3-1-2-10(13(12)20)16(26)24-8-6-18(7-9-24)5-4-11-14(18)22-17(21)23-15(11)25/h1-3H,4-9H2,(H3,21,22,23,25). The van der Waals surface area contributed by atoms with Gasteiger partial charge in [-0.2, -0.15) is 0 Å². The number of hydrogen-bond acceptors (Lipinski definition) is 4. The molecule has 1 aromatic heterocycles. The average molecular weight is 393 g/mol. The molecule has 2 aliphatic rings. The quantitative estimate of drug-likeness (QED) is 0.780. The van der Waals surface area contributed by atoms with Gasteiger partial charge in [0.1, 0.15) is 0 Å². The summed E-state index contributed by atoms with van der Waals surface area (Å²) in [5.74, 6) is 0.0307. The number of aromatic nitrogens is 2. The van der Waals surface area contributed by atoms with Crippen LogP contribution in [-0.2, 0) is 11.8 Å². The van der Waals surface area contributed by atoms with Crippen molar-refractivity contribution in [2.24, 2.45) is 0 Å². The van der Waals surface area contributed by atoms with Crippen LogP contribution >= 0.6 is 23.2 Å². The highest BCUT2D eigenvalue weighted by Crippen LogP contribution is 2.44. The number of carbonyl (C=O) groups is 1. The first-order valence-corrected chi connectivity index (χ1v) is 9.29. The Balaban J connectivity index is 1.57. The van der Waals surface area contributed by atoms with Crippen LogP contribution in [0.1, 0.15) is 40.9 Å². The zero-order chi connectivity index (χ0) is 18.5. The van der Waals surface area contributed by atoms with Gasteiger partial charge in [-0.25, -0.2) is 4.98 Å². The maximum Gasteiger partial charge on any atom is 0.255 e. The molecule has 2 aromatic rings. The molecule has 1 aliphatic carbocycles. The van der Waals surface area contributed by atoms with Gasteiger partial charge in [-0.3, -0.25) is 14.6 Å². The number of nitrogens with two attached hydrogens (primary N) is 1. The molecular weight excluding hydrogens is 375 g/mol. The highest BCUT2D eigenvalue weighted by atomic mass is 35.5. The predicted octanol–water partition coefficient (Wildman–Crippen LogP) is 2.78. The molecule has 0 radical (unpaired) electrons. The summed E-state index contributed by atoms with van der Waals surface area (Å²) in [4.78, 5) is 33.7. The molecule has 1 spiro atoms. The van der Waals surface area contributed by atoms with E-state index in [-0.39, 0.29) is 27.9 Å². The lowest BCUT2D eigenvalue weighted by Gasteiger charge is -2.39. The summed E-state index contributed by atoms with van der Waals surface area (Å²) in [6.45, 7) is 1.16. The second-order valence-electron chi connectivity index (χ2n) is 6.95. The fourth-order valence-corrected chi connectivity index (χ4v) is 4.51. The summed E-state index contributed by atoms with van der Waals surface area (Å²) in [6, 6.07) is 5.07. The Bertz CT molecular complexity index is 949. The van der Waals surface area contributed by atoms with Crippen LogP contribution < -0.4 is 11.3 Å². The highest BCUT2D eigenvalue weighted by molar-refractivity contribution is 6.43. The minimum absolute atomic E-state index is 0.121. The van der Waals surface area contributed by atoms with Crippen molar-refractivity contribution in [3.05, 3.63) is 55.4 Å². The van der Waals surface area contributed by atoms with Crippen molar-refractivity contribution in [1.82, 2.24) is 14.9 Å². The first kappa shape index (κ1) is 17.4. The number of nitrogens with one attached hydrogen (secondary N) is 1. The van der Waals surface area contributed by atoms with Crippen molar-refractivity contribution in [3.8, 4) is 0 Å². The van der Waals surface area contributed by atoms with E-state index in [4.69, 9.17) is 28.9 Å². The summed E-state index contributed by atoms with van der Waals surface area (Å²) in [5.41, 5.74) is 7.39. The number of amides is 1. The van der Waals surface area contributed by atoms with Gasteiger partial charge < -0.3 is 10.6 Å². The lowest BCUT2D eigenvalue weighted by Crippen LogP contribution is -2.45. The van der Waals surface area contributed by atoms with E-state index in [0.717, 1.165) is 30.5 Å². The molecule has 1 fully saturated rings. The zero-order valence-electron chi connectivity index (χ0n) is 14.0. The SMILES string of the molecule is Nc1nc2c(c(=O)[nH]1)CCC21CCN(C(=O)c2cccc(Cl)c2Cl)CC1. The zero-order valence-corrected chi connectivity index (χ0v) is 15.5. The van der Waals surface area contributed by atoms with Crippen molar-refractivity contribution >= 4 is 35.1 Å². The van der Waals surface area contributed by atoms with E-state index in [1.165, 1.54) is 0 Å². The highest BCUT2D eigenvalue weighted by Gasteiger charge is 2.44. The topological polar surface area (TPSA) is 92.1 Å². The van der Waals surface area contributed by atoms with Crippen molar-refractivity contribution in [2.45, 2.75) is 31.1 Å². The number of halogens is 2. The van der Waals surface area contributed by atoms with Crippen LogP contribution in [0.5, 0.6) is 0 Å². The fourth-order valence-electron chi connectivity index (χ4n) is 4.13. The van der Waals surface area contributed by atoms with Gasteiger partial charge in [-0.1, -0.05) is 29.3 Å². The molecule has 1 amide bonds. The molecule has 4 rings (SSSR count). The van der Waals surface area contributed by atoms with Gasteiger partial charge in [0.2, 0.25) is 5.95 Å². The molecule has 0 saturated carbocycles. The molecule has 1 aliphatic heterocycles. The van der Waals surface area contributed by atoms with Crippen molar-refractivity contribution in [1.29, 1.82) is 0 Å². The molecule has 6 nitrogen and oxygen atoms in total. The summed E-state index contributed by atoms with van der Waals surface area (Å²) in [6.07, 6.45) is 3.06. The Kier molecular flexibility index (Phi) is 4.20. The maximum absolute atomic E-state index is 12.8. The van der Waals surface area contributed by atoms with Crippen molar-refractivity contribution < 1.29 is 4.79 Å². The Hall–Kier alpha value is -2.05. The van der Waals surface area contributed by atoms with Crippen LogP contribution in [0.25, 0.3) is 0 Å². The molecule has 8 heteroatoms. The van der Waals surface area contributed by atoms with E-state index in [1.807, 2.05) is 0 Å². The van der Waals surface area contributed by atoms with Gasteiger partial charge in [0, 0.05) is 24.1 Å². The molecule has 2 heterocycles. The molecule has 0 unspecified atom stereocenters. The van der Waals surface area contributed by atoms with E-state index in [0.29, 0.717) is 30.1 Å². The van der Waals surface area contributed by atoms with E-state index in [1.54, 1.807) is 23.1 Å². The van der Waals surface area contributed by atoms with Crippen LogP contribution in [0, 0.1) is 0 Å².